The Kier molecular flexibility index (Phi) is 10.8. The number of aromatic nitrogens is 3. The number of halogens is 5. The Balaban J connectivity index is 1.77. The molecule has 226 valence electrons. The van der Waals surface area contributed by atoms with E-state index in [-0.39, 0.29) is 31.0 Å². The molecule has 3 amide bonds. The molecular weight excluding hydrogens is 555 g/mol. The molecule has 15 heteroatoms. The Hall–Kier alpha value is -3.62. The lowest BCUT2D eigenvalue weighted by Crippen LogP contribution is -2.50. The van der Waals surface area contributed by atoms with Gasteiger partial charge in [-0.3, -0.25) is 19.1 Å². The van der Waals surface area contributed by atoms with Crippen LogP contribution in [0.1, 0.15) is 67.5 Å². The average molecular weight is 589 g/mol. The summed E-state index contributed by atoms with van der Waals surface area (Å²) in [4.78, 5) is 42.6. The Bertz CT molecular complexity index is 1200. The first kappa shape index (κ1) is 31.9. The second-order valence-corrected chi connectivity index (χ2v) is 9.83. The number of amides is 3. The van der Waals surface area contributed by atoms with E-state index in [0.717, 1.165) is 0 Å². The summed E-state index contributed by atoms with van der Waals surface area (Å²) in [5, 5.41) is 11.8. The van der Waals surface area contributed by atoms with E-state index in [1.807, 2.05) is 0 Å². The quantitative estimate of drug-likeness (QED) is 0.322. The van der Waals surface area contributed by atoms with Crippen molar-refractivity contribution in [3.63, 3.8) is 0 Å². The molecule has 0 aromatic carbocycles. The third kappa shape index (κ3) is 9.47. The van der Waals surface area contributed by atoms with Gasteiger partial charge in [0.25, 0.3) is 5.91 Å². The number of rotatable bonds is 12. The molecule has 2 heterocycles. The van der Waals surface area contributed by atoms with E-state index >= 15 is 0 Å². The van der Waals surface area contributed by atoms with E-state index in [9.17, 15) is 36.3 Å². The van der Waals surface area contributed by atoms with Crippen LogP contribution in [0.2, 0.25) is 0 Å². The lowest BCUT2D eigenvalue weighted by molar-refractivity contribution is -0.144. The molecule has 2 aromatic heterocycles. The van der Waals surface area contributed by atoms with Gasteiger partial charge in [0.05, 0.1) is 19.1 Å². The lowest BCUT2D eigenvalue weighted by atomic mass is 9.81. The van der Waals surface area contributed by atoms with Gasteiger partial charge in [0.2, 0.25) is 17.7 Å². The number of aryl methyl sites for hydroxylation is 1. The molecule has 1 aliphatic rings. The fourth-order valence-electron chi connectivity index (χ4n) is 4.63. The molecule has 0 radical (unpaired) electrons. The normalized spacial score (nSPS) is 17.0. The van der Waals surface area contributed by atoms with Crippen molar-refractivity contribution >= 4 is 23.5 Å². The van der Waals surface area contributed by atoms with Crippen molar-refractivity contribution in [1.29, 1.82) is 0 Å². The molecule has 2 aromatic rings. The predicted molar refractivity (Wildman–Crippen MR) is 137 cm³/mol. The largest absolute Gasteiger partial charge is 0.389 e. The fourth-order valence-corrected chi connectivity index (χ4v) is 4.63. The van der Waals surface area contributed by atoms with E-state index in [0.29, 0.717) is 12.1 Å². The summed E-state index contributed by atoms with van der Waals surface area (Å²) in [6.45, 7) is 2.11. The second kappa shape index (κ2) is 13.8. The maximum Gasteiger partial charge on any atom is 0.389 e. The second-order valence-electron chi connectivity index (χ2n) is 9.83. The molecule has 0 aliphatic heterocycles. The van der Waals surface area contributed by atoms with Gasteiger partial charge in [0.15, 0.2) is 0 Å². The third-order valence-corrected chi connectivity index (χ3v) is 6.79. The molecule has 10 nitrogen and oxygen atoms in total. The Morgan fingerprint density at radius 1 is 1.15 bits per heavy atom. The van der Waals surface area contributed by atoms with Crippen LogP contribution in [0.5, 0.6) is 0 Å². The van der Waals surface area contributed by atoms with Crippen LogP contribution >= 0.6 is 0 Å². The monoisotopic (exact) mass is 588 g/mol. The average Bonchev–Trinajstić information content (AvgIpc) is 3.39. The highest BCUT2D eigenvalue weighted by Gasteiger charge is 2.40. The van der Waals surface area contributed by atoms with Crippen molar-refractivity contribution < 1.29 is 41.1 Å². The van der Waals surface area contributed by atoms with Crippen LogP contribution in [-0.4, -0.2) is 64.3 Å². The van der Waals surface area contributed by atoms with Crippen LogP contribution < -0.4 is 16.0 Å². The summed E-state index contributed by atoms with van der Waals surface area (Å²) in [7, 11) is 1.35. The number of nitrogens with zero attached hydrogens (tertiary/aromatic N) is 3. The minimum absolute atomic E-state index is 0.00570. The summed E-state index contributed by atoms with van der Waals surface area (Å²) in [5.41, 5.74) is 0.595. The summed E-state index contributed by atoms with van der Waals surface area (Å²) < 4.78 is 71.8. The summed E-state index contributed by atoms with van der Waals surface area (Å²) in [6, 6.07) is 2.38. The maximum atomic E-state index is 13.8. The standard InChI is InChI=1S/C26H33F5N6O4/c1-3-37-19(8-13-33-37)23(39)36-22(16-4-9-25(27,28)10-5-16)24(40)35-20-14-17(7-12-32-20)18(15-41-2)34-21(38)6-11-26(29,30)31/h7-8,12-14,16,18,22H,3-6,9-11,15H2,1-2H3,(H,34,38)(H,36,39)(H,32,35,40)/t18?,22-/m0/s1. The van der Waals surface area contributed by atoms with Gasteiger partial charge >= 0.3 is 6.18 Å². The van der Waals surface area contributed by atoms with E-state index in [2.05, 4.69) is 26.0 Å². The third-order valence-electron chi connectivity index (χ3n) is 6.79. The number of hydrogen-bond donors (Lipinski definition) is 3. The molecule has 2 atom stereocenters. The van der Waals surface area contributed by atoms with Crippen LogP contribution in [-0.2, 0) is 20.9 Å². The van der Waals surface area contributed by atoms with E-state index < -0.39 is 73.5 Å². The molecule has 3 rings (SSSR count). The van der Waals surface area contributed by atoms with E-state index in [4.69, 9.17) is 4.74 Å². The van der Waals surface area contributed by atoms with Gasteiger partial charge in [-0.05, 0) is 49.4 Å². The van der Waals surface area contributed by atoms with Crippen LogP contribution in [0, 0.1) is 5.92 Å². The lowest BCUT2D eigenvalue weighted by Gasteiger charge is -2.33. The zero-order valence-corrected chi connectivity index (χ0v) is 22.6. The minimum Gasteiger partial charge on any atom is -0.382 e. The predicted octanol–water partition coefficient (Wildman–Crippen LogP) is 4.01. The Morgan fingerprint density at radius 2 is 1.85 bits per heavy atom. The topological polar surface area (TPSA) is 127 Å². The summed E-state index contributed by atoms with van der Waals surface area (Å²) in [6.07, 6.45) is -4.62. The highest BCUT2D eigenvalue weighted by Crippen LogP contribution is 2.37. The van der Waals surface area contributed by atoms with E-state index in [1.54, 1.807) is 6.92 Å². The number of carbonyl (C=O) groups excluding carboxylic acids is 3. The number of methoxy groups -OCH3 is 1. The van der Waals surface area contributed by atoms with Crippen molar-refractivity contribution in [1.82, 2.24) is 25.4 Å². The highest BCUT2D eigenvalue weighted by molar-refractivity contribution is 6.00. The number of alkyl halides is 5. The van der Waals surface area contributed by atoms with Gasteiger partial charge in [0, 0.05) is 45.3 Å². The van der Waals surface area contributed by atoms with Crippen LogP contribution in [0.4, 0.5) is 27.8 Å². The van der Waals surface area contributed by atoms with Gasteiger partial charge in [-0.15, -0.1) is 0 Å². The Morgan fingerprint density at radius 3 is 2.49 bits per heavy atom. The highest BCUT2D eigenvalue weighted by atomic mass is 19.4. The van der Waals surface area contributed by atoms with Gasteiger partial charge in [-0.25, -0.2) is 13.8 Å². The van der Waals surface area contributed by atoms with Crippen molar-refractivity contribution in [3.05, 3.63) is 41.9 Å². The smallest absolute Gasteiger partial charge is 0.382 e. The molecular formula is C26H33F5N6O4. The molecule has 41 heavy (non-hydrogen) atoms. The molecule has 3 N–H and O–H groups in total. The van der Waals surface area contributed by atoms with Crippen molar-refractivity contribution in [2.75, 3.05) is 19.0 Å². The number of hydrogen-bond acceptors (Lipinski definition) is 6. The maximum absolute atomic E-state index is 13.8. The number of anilines is 1. The number of pyridine rings is 1. The number of ether oxygens (including phenoxy) is 1. The molecule has 1 saturated carbocycles. The first-order chi connectivity index (χ1) is 19.3. The molecule has 0 spiro atoms. The van der Waals surface area contributed by atoms with Gasteiger partial charge in [-0.1, -0.05) is 0 Å². The van der Waals surface area contributed by atoms with Crippen LogP contribution in [0.15, 0.2) is 30.6 Å². The molecule has 0 saturated heterocycles. The van der Waals surface area contributed by atoms with Gasteiger partial charge < -0.3 is 20.7 Å². The van der Waals surface area contributed by atoms with Crippen molar-refractivity contribution in [3.8, 4) is 0 Å². The number of carbonyl (C=O) groups is 3. The van der Waals surface area contributed by atoms with Crippen molar-refractivity contribution in [2.24, 2.45) is 5.92 Å². The fraction of sp³-hybridized carbons (Fsp3) is 0.577. The SMILES string of the molecule is CCn1nccc1C(=O)N[C@H](C(=O)Nc1cc(C(COC)NC(=O)CCC(F)(F)F)ccn1)C1CCC(F)(F)CC1. The Labute approximate surface area is 233 Å². The van der Waals surface area contributed by atoms with Gasteiger partial charge in [-0.2, -0.15) is 18.3 Å². The first-order valence-electron chi connectivity index (χ1n) is 13.1. The molecule has 1 fully saturated rings. The zero-order chi connectivity index (χ0) is 30.2. The minimum atomic E-state index is -4.49. The summed E-state index contributed by atoms with van der Waals surface area (Å²) in [5.74, 6) is -5.51. The number of nitrogens with one attached hydrogen (secondary N) is 3. The molecule has 1 aliphatic carbocycles. The van der Waals surface area contributed by atoms with Crippen molar-refractivity contribution in [2.45, 2.75) is 76.2 Å². The van der Waals surface area contributed by atoms with Crippen LogP contribution in [0.3, 0.4) is 0 Å². The van der Waals surface area contributed by atoms with E-state index in [1.165, 1.54) is 42.4 Å². The zero-order valence-electron chi connectivity index (χ0n) is 22.6. The van der Waals surface area contributed by atoms with Gasteiger partial charge in [0.1, 0.15) is 17.6 Å². The van der Waals surface area contributed by atoms with Crippen LogP contribution in [0.25, 0.3) is 0 Å². The first-order valence-corrected chi connectivity index (χ1v) is 13.1. The molecule has 1 unspecified atom stereocenters. The summed E-state index contributed by atoms with van der Waals surface area (Å²) >= 11 is 0. The molecule has 0 bridgehead atoms.